The van der Waals surface area contributed by atoms with Gasteiger partial charge in [-0.2, -0.15) is 4.31 Å². The number of benzene rings is 1. The summed E-state index contributed by atoms with van der Waals surface area (Å²) in [5, 5.41) is 0. The lowest BCUT2D eigenvalue weighted by atomic mass is 10.3. The third-order valence-electron chi connectivity index (χ3n) is 4.04. The SMILES string of the molecule is Cc1cc(C)nc(O[C@H]2CCN(S(=O)(=O)c3ccc(OC(F)(F)F)cc3)C2)n1. The summed E-state index contributed by atoms with van der Waals surface area (Å²) in [6, 6.07) is 6.08. The van der Waals surface area contributed by atoms with Crippen LogP contribution >= 0.6 is 0 Å². The smallest absolute Gasteiger partial charge is 0.459 e. The molecule has 1 aromatic heterocycles. The van der Waals surface area contributed by atoms with Crippen LogP contribution in [0.1, 0.15) is 17.8 Å². The van der Waals surface area contributed by atoms with E-state index in [4.69, 9.17) is 4.74 Å². The van der Waals surface area contributed by atoms with Crippen LogP contribution in [0.2, 0.25) is 0 Å². The van der Waals surface area contributed by atoms with Gasteiger partial charge in [-0.3, -0.25) is 0 Å². The Bertz CT molecular complexity index is 929. The first-order valence-corrected chi connectivity index (χ1v) is 9.82. The Kier molecular flexibility index (Phi) is 5.48. The molecule has 2 heterocycles. The molecule has 0 spiro atoms. The second-order valence-electron chi connectivity index (χ2n) is 6.34. The second kappa shape index (κ2) is 7.55. The van der Waals surface area contributed by atoms with E-state index in [9.17, 15) is 21.6 Å². The molecule has 11 heteroatoms. The van der Waals surface area contributed by atoms with E-state index in [2.05, 4.69) is 14.7 Å². The van der Waals surface area contributed by atoms with Crippen molar-refractivity contribution < 1.29 is 31.1 Å². The third kappa shape index (κ3) is 4.90. The Morgan fingerprint density at radius 3 is 2.29 bits per heavy atom. The molecule has 1 saturated heterocycles. The molecular formula is C17H18F3N3O4S. The summed E-state index contributed by atoms with van der Waals surface area (Å²) in [5.41, 5.74) is 1.48. The minimum absolute atomic E-state index is 0.0967. The van der Waals surface area contributed by atoms with Gasteiger partial charge in [0.05, 0.1) is 11.4 Å². The summed E-state index contributed by atoms with van der Waals surface area (Å²) >= 11 is 0. The standard InChI is InChI=1S/C17H18F3N3O4S/c1-11-9-12(2)22-16(21-11)26-14-7-8-23(10-14)28(24,25)15-5-3-13(4-6-15)27-17(18,19)20/h3-6,9,14H,7-8,10H2,1-2H3/t14-/m0/s1. The maximum absolute atomic E-state index is 12.7. The van der Waals surface area contributed by atoms with E-state index in [1.165, 1.54) is 4.31 Å². The molecule has 1 aliphatic rings. The van der Waals surface area contributed by atoms with E-state index < -0.39 is 28.2 Å². The van der Waals surface area contributed by atoms with Crippen molar-refractivity contribution in [3.8, 4) is 11.8 Å². The number of hydrogen-bond donors (Lipinski definition) is 0. The minimum Gasteiger partial charge on any atom is -0.459 e. The van der Waals surface area contributed by atoms with Gasteiger partial charge in [0, 0.05) is 17.9 Å². The lowest BCUT2D eigenvalue weighted by Crippen LogP contribution is -2.31. The monoisotopic (exact) mass is 417 g/mol. The zero-order chi connectivity index (χ0) is 20.5. The highest BCUT2D eigenvalue weighted by atomic mass is 32.2. The van der Waals surface area contributed by atoms with Crippen LogP contribution in [0.4, 0.5) is 13.2 Å². The summed E-state index contributed by atoms with van der Waals surface area (Å²) in [7, 11) is -3.86. The van der Waals surface area contributed by atoms with Crippen molar-refractivity contribution in [1.29, 1.82) is 0 Å². The maximum Gasteiger partial charge on any atom is 0.573 e. The van der Waals surface area contributed by atoms with Crippen LogP contribution in [-0.4, -0.2) is 48.2 Å². The van der Waals surface area contributed by atoms with E-state index in [1.807, 2.05) is 0 Å². The Hall–Kier alpha value is -2.40. The number of hydrogen-bond acceptors (Lipinski definition) is 6. The van der Waals surface area contributed by atoms with E-state index >= 15 is 0 Å². The van der Waals surface area contributed by atoms with Gasteiger partial charge in [0.2, 0.25) is 10.0 Å². The zero-order valence-electron chi connectivity index (χ0n) is 15.1. The molecule has 0 radical (unpaired) electrons. The second-order valence-corrected chi connectivity index (χ2v) is 8.28. The summed E-state index contributed by atoms with van der Waals surface area (Å²) in [6.07, 6.45) is -4.80. The van der Waals surface area contributed by atoms with Gasteiger partial charge in [-0.15, -0.1) is 13.2 Å². The number of aromatic nitrogens is 2. The summed E-state index contributed by atoms with van der Waals surface area (Å²) in [5.74, 6) is -0.485. The molecule has 0 amide bonds. The van der Waals surface area contributed by atoms with Crippen molar-refractivity contribution >= 4 is 10.0 Å². The molecule has 152 valence electrons. The highest BCUT2D eigenvalue weighted by Gasteiger charge is 2.35. The van der Waals surface area contributed by atoms with Crippen molar-refractivity contribution in [2.24, 2.45) is 0 Å². The molecule has 7 nitrogen and oxygen atoms in total. The maximum atomic E-state index is 12.7. The molecule has 0 bridgehead atoms. The molecule has 1 fully saturated rings. The highest BCUT2D eigenvalue weighted by molar-refractivity contribution is 7.89. The van der Waals surface area contributed by atoms with Gasteiger partial charge < -0.3 is 9.47 Å². The fourth-order valence-electron chi connectivity index (χ4n) is 2.87. The molecule has 0 unspecified atom stereocenters. The van der Waals surface area contributed by atoms with E-state index in [0.29, 0.717) is 6.42 Å². The first-order chi connectivity index (χ1) is 13.0. The zero-order valence-corrected chi connectivity index (χ0v) is 15.9. The third-order valence-corrected chi connectivity index (χ3v) is 5.92. The average Bonchev–Trinajstić information content (AvgIpc) is 3.02. The van der Waals surface area contributed by atoms with Crippen molar-refractivity contribution in [2.75, 3.05) is 13.1 Å². The largest absolute Gasteiger partial charge is 0.573 e. The van der Waals surface area contributed by atoms with Crippen LogP contribution in [-0.2, 0) is 10.0 Å². The number of aryl methyl sites for hydroxylation is 2. The quantitative estimate of drug-likeness (QED) is 0.744. The average molecular weight is 417 g/mol. The number of rotatable bonds is 5. The van der Waals surface area contributed by atoms with Crippen LogP contribution < -0.4 is 9.47 Å². The number of sulfonamides is 1. The van der Waals surface area contributed by atoms with Crippen LogP contribution in [0.15, 0.2) is 35.2 Å². The van der Waals surface area contributed by atoms with E-state index in [0.717, 1.165) is 35.7 Å². The van der Waals surface area contributed by atoms with Crippen LogP contribution in [0.5, 0.6) is 11.8 Å². The Morgan fingerprint density at radius 2 is 1.71 bits per heavy atom. The first-order valence-electron chi connectivity index (χ1n) is 8.38. The number of alkyl halides is 3. The van der Waals surface area contributed by atoms with Crippen molar-refractivity contribution in [3.05, 3.63) is 41.7 Å². The van der Waals surface area contributed by atoms with Crippen molar-refractivity contribution in [1.82, 2.24) is 14.3 Å². The van der Waals surface area contributed by atoms with Gasteiger partial charge in [0.15, 0.2) is 0 Å². The normalized spacial score (nSPS) is 18.2. The molecule has 1 aliphatic heterocycles. The van der Waals surface area contributed by atoms with Crippen LogP contribution in [0.25, 0.3) is 0 Å². The highest BCUT2D eigenvalue weighted by Crippen LogP contribution is 2.27. The number of nitrogens with zero attached hydrogens (tertiary/aromatic N) is 3. The van der Waals surface area contributed by atoms with Crippen LogP contribution in [0, 0.1) is 13.8 Å². The summed E-state index contributed by atoms with van der Waals surface area (Å²) in [6.45, 7) is 3.93. The van der Waals surface area contributed by atoms with Crippen molar-refractivity contribution in [3.63, 3.8) is 0 Å². The predicted molar refractivity (Wildman–Crippen MR) is 92.4 cm³/mol. The molecule has 28 heavy (non-hydrogen) atoms. The molecule has 2 aromatic rings. The van der Waals surface area contributed by atoms with Gasteiger partial charge in [0.1, 0.15) is 11.9 Å². The number of halogens is 3. The van der Waals surface area contributed by atoms with Crippen molar-refractivity contribution in [2.45, 2.75) is 37.6 Å². The molecular weight excluding hydrogens is 399 g/mol. The van der Waals surface area contributed by atoms with Crippen LogP contribution in [0.3, 0.4) is 0 Å². The summed E-state index contributed by atoms with van der Waals surface area (Å²) < 4.78 is 72.8. The molecule has 1 atom stereocenters. The summed E-state index contributed by atoms with van der Waals surface area (Å²) in [4.78, 5) is 8.23. The van der Waals surface area contributed by atoms with Gasteiger partial charge in [-0.25, -0.2) is 18.4 Å². The van der Waals surface area contributed by atoms with Gasteiger partial charge in [0.25, 0.3) is 0 Å². The molecule has 3 rings (SSSR count). The Labute approximate surface area is 160 Å². The van der Waals surface area contributed by atoms with Gasteiger partial charge >= 0.3 is 12.4 Å². The molecule has 1 aromatic carbocycles. The Balaban J connectivity index is 1.68. The first kappa shape index (κ1) is 20.3. The topological polar surface area (TPSA) is 81.6 Å². The van der Waals surface area contributed by atoms with E-state index in [-0.39, 0.29) is 24.0 Å². The molecule has 0 aliphatic carbocycles. The fourth-order valence-corrected chi connectivity index (χ4v) is 4.36. The lowest BCUT2D eigenvalue weighted by molar-refractivity contribution is -0.274. The number of ether oxygens (including phenoxy) is 2. The van der Waals surface area contributed by atoms with Gasteiger partial charge in [-0.1, -0.05) is 0 Å². The minimum atomic E-state index is -4.84. The fraction of sp³-hybridized carbons (Fsp3) is 0.412. The predicted octanol–water partition coefficient (Wildman–Crippen LogP) is 2.83. The van der Waals surface area contributed by atoms with E-state index in [1.54, 1.807) is 19.9 Å². The molecule has 0 saturated carbocycles. The molecule has 0 N–H and O–H groups in total. The lowest BCUT2D eigenvalue weighted by Gasteiger charge is -2.17. The Morgan fingerprint density at radius 1 is 1.11 bits per heavy atom. The van der Waals surface area contributed by atoms with Gasteiger partial charge in [-0.05, 0) is 50.6 Å².